The first-order valence-electron chi connectivity index (χ1n) is 7.11. The number of nitrogens with zero attached hydrogens (tertiary/aromatic N) is 4. The molecule has 2 saturated heterocycles. The van der Waals surface area contributed by atoms with E-state index in [1.807, 2.05) is 16.8 Å². The predicted molar refractivity (Wildman–Crippen MR) is 74.5 cm³/mol. The lowest BCUT2D eigenvalue weighted by molar-refractivity contribution is 0.340. The zero-order valence-electron chi connectivity index (χ0n) is 11.2. The molecular formula is C14H19N5. The third kappa shape index (κ3) is 1.89. The number of hydrogen-bond acceptors (Lipinski definition) is 4. The molecule has 0 radical (unpaired) electrons. The molecule has 2 unspecified atom stereocenters. The Kier molecular flexibility index (Phi) is 2.48. The van der Waals surface area contributed by atoms with E-state index in [-0.39, 0.29) is 0 Å². The number of fused-ring (bicyclic) bond motifs is 2. The van der Waals surface area contributed by atoms with E-state index in [9.17, 15) is 0 Å². The molecule has 2 atom stereocenters. The molecule has 2 aliphatic rings. The Labute approximate surface area is 112 Å². The van der Waals surface area contributed by atoms with E-state index < -0.39 is 0 Å². The highest BCUT2D eigenvalue weighted by Crippen LogP contribution is 2.27. The highest BCUT2D eigenvalue weighted by molar-refractivity contribution is 5.46. The molecule has 1 N–H and O–H groups in total. The summed E-state index contributed by atoms with van der Waals surface area (Å²) in [7, 11) is 0. The summed E-state index contributed by atoms with van der Waals surface area (Å²) in [4.78, 5) is 6.97. The fraction of sp³-hybridized carbons (Fsp3) is 0.571. The summed E-state index contributed by atoms with van der Waals surface area (Å²) in [6.45, 7) is 5.37. The van der Waals surface area contributed by atoms with Crippen LogP contribution in [0.3, 0.4) is 0 Å². The molecule has 2 aromatic heterocycles. The molecule has 2 fully saturated rings. The summed E-state index contributed by atoms with van der Waals surface area (Å²) in [5.74, 6) is 1.64. The molecule has 0 amide bonds. The Bertz CT molecular complexity index is 591. The Hall–Kier alpha value is -1.62. The van der Waals surface area contributed by atoms with Crippen LogP contribution < -0.4 is 10.2 Å². The van der Waals surface area contributed by atoms with Crippen molar-refractivity contribution in [3.8, 4) is 0 Å². The second-order valence-electron chi connectivity index (χ2n) is 5.79. The summed E-state index contributed by atoms with van der Waals surface area (Å²) in [6, 6.07) is 4.74. The zero-order valence-corrected chi connectivity index (χ0v) is 11.2. The van der Waals surface area contributed by atoms with Crippen LogP contribution in [0, 0.1) is 12.8 Å². The van der Waals surface area contributed by atoms with Crippen LogP contribution in [-0.4, -0.2) is 40.3 Å². The lowest BCUT2D eigenvalue weighted by atomic mass is 9.94. The third-order valence-corrected chi connectivity index (χ3v) is 4.35. The van der Waals surface area contributed by atoms with Crippen molar-refractivity contribution in [2.24, 2.45) is 5.92 Å². The summed E-state index contributed by atoms with van der Waals surface area (Å²) < 4.78 is 1.89. The van der Waals surface area contributed by atoms with Gasteiger partial charge in [0.1, 0.15) is 0 Å². The highest BCUT2D eigenvalue weighted by Gasteiger charge is 2.35. The number of rotatable bonds is 1. The average molecular weight is 257 g/mol. The fourth-order valence-corrected chi connectivity index (χ4v) is 3.32. The van der Waals surface area contributed by atoms with Crippen molar-refractivity contribution in [3.63, 3.8) is 0 Å². The molecular weight excluding hydrogens is 238 g/mol. The first kappa shape index (κ1) is 11.2. The van der Waals surface area contributed by atoms with E-state index >= 15 is 0 Å². The first-order valence-corrected chi connectivity index (χ1v) is 7.11. The molecule has 0 saturated carbocycles. The van der Waals surface area contributed by atoms with Crippen LogP contribution in [0.5, 0.6) is 0 Å². The van der Waals surface area contributed by atoms with Gasteiger partial charge in [-0.1, -0.05) is 6.07 Å². The average Bonchev–Trinajstić information content (AvgIpc) is 3.00. The van der Waals surface area contributed by atoms with Gasteiger partial charge in [-0.05, 0) is 43.9 Å². The number of nitrogens with one attached hydrogen (secondary N) is 1. The Morgan fingerprint density at radius 3 is 3.16 bits per heavy atom. The van der Waals surface area contributed by atoms with Gasteiger partial charge in [0.25, 0.3) is 0 Å². The number of pyridine rings is 1. The summed E-state index contributed by atoms with van der Waals surface area (Å²) in [5, 5.41) is 8.24. The SMILES string of the molecule is Cc1ccc2nc(N3CC4CCCNC4C3)nn2c1. The number of piperidine rings is 1. The zero-order chi connectivity index (χ0) is 12.8. The predicted octanol–water partition coefficient (Wildman–Crippen LogP) is 1.23. The minimum absolute atomic E-state index is 0.627. The Morgan fingerprint density at radius 1 is 1.32 bits per heavy atom. The number of anilines is 1. The minimum Gasteiger partial charge on any atom is -0.338 e. The van der Waals surface area contributed by atoms with Crippen LogP contribution >= 0.6 is 0 Å². The smallest absolute Gasteiger partial charge is 0.245 e. The summed E-state index contributed by atoms with van der Waals surface area (Å²) >= 11 is 0. The van der Waals surface area contributed by atoms with Crippen molar-refractivity contribution in [2.45, 2.75) is 25.8 Å². The van der Waals surface area contributed by atoms with Gasteiger partial charge in [0, 0.05) is 25.3 Å². The lowest BCUT2D eigenvalue weighted by Gasteiger charge is -2.24. The van der Waals surface area contributed by atoms with Crippen LogP contribution in [0.2, 0.25) is 0 Å². The molecule has 2 aliphatic heterocycles. The van der Waals surface area contributed by atoms with Gasteiger partial charge >= 0.3 is 0 Å². The Morgan fingerprint density at radius 2 is 2.26 bits per heavy atom. The summed E-state index contributed by atoms with van der Waals surface area (Å²) in [5.41, 5.74) is 2.14. The van der Waals surface area contributed by atoms with Gasteiger partial charge in [-0.2, -0.15) is 4.98 Å². The molecule has 0 bridgehead atoms. The van der Waals surface area contributed by atoms with Crippen molar-refractivity contribution in [2.75, 3.05) is 24.5 Å². The minimum atomic E-state index is 0.627. The molecule has 0 spiro atoms. The van der Waals surface area contributed by atoms with E-state index in [1.54, 1.807) is 0 Å². The molecule has 4 heterocycles. The van der Waals surface area contributed by atoms with Crippen LogP contribution in [0.25, 0.3) is 5.65 Å². The van der Waals surface area contributed by atoms with Crippen molar-refractivity contribution in [1.29, 1.82) is 0 Å². The van der Waals surface area contributed by atoms with Gasteiger partial charge in [0.2, 0.25) is 5.95 Å². The molecule has 100 valence electrons. The van der Waals surface area contributed by atoms with E-state index in [0.717, 1.165) is 37.1 Å². The third-order valence-electron chi connectivity index (χ3n) is 4.35. The molecule has 19 heavy (non-hydrogen) atoms. The molecule has 2 aromatic rings. The summed E-state index contributed by atoms with van der Waals surface area (Å²) in [6.07, 6.45) is 4.67. The second kappa shape index (κ2) is 4.20. The van der Waals surface area contributed by atoms with Crippen LogP contribution in [0.4, 0.5) is 5.95 Å². The molecule has 0 aliphatic carbocycles. The maximum Gasteiger partial charge on any atom is 0.245 e. The standard InChI is InChI=1S/C14H19N5/c1-10-4-5-13-16-14(17-19(13)7-10)18-8-11-3-2-6-15-12(11)9-18/h4-5,7,11-12,15H,2-3,6,8-9H2,1H3. The van der Waals surface area contributed by atoms with Gasteiger partial charge in [0.05, 0.1) is 0 Å². The van der Waals surface area contributed by atoms with Crippen molar-refractivity contribution in [1.82, 2.24) is 19.9 Å². The van der Waals surface area contributed by atoms with Gasteiger partial charge in [-0.3, -0.25) is 0 Å². The molecule has 4 rings (SSSR count). The van der Waals surface area contributed by atoms with Crippen molar-refractivity contribution >= 4 is 11.6 Å². The van der Waals surface area contributed by atoms with E-state index in [1.165, 1.54) is 18.4 Å². The van der Waals surface area contributed by atoms with Crippen molar-refractivity contribution in [3.05, 3.63) is 23.9 Å². The van der Waals surface area contributed by atoms with E-state index in [4.69, 9.17) is 0 Å². The van der Waals surface area contributed by atoms with Gasteiger partial charge in [0.15, 0.2) is 5.65 Å². The molecule has 5 nitrogen and oxygen atoms in total. The van der Waals surface area contributed by atoms with Crippen LogP contribution in [0.15, 0.2) is 18.3 Å². The van der Waals surface area contributed by atoms with Gasteiger partial charge < -0.3 is 10.2 Å². The van der Waals surface area contributed by atoms with Gasteiger partial charge in [-0.15, -0.1) is 5.10 Å². The largest absolute Gasteiger partial charge is 0.338 e. The van der Waals surface area contributed by atoms with E-state index in [2.05, 4.69) is 33.3 Å². The van der Waals surface area contributed by atoms with Crippen LogP contribution in [0.1, 0.15) is 18.4 Å². The molecule has 0 aromatic carbocycles. The van der Waals surface area contributed by atoms with Crippen molar-refractivity contribution < 1.29 is 0 Å². The maximum absolute atomic E-state index is 4.64. The fourth-order valence-electron chi connectivity index (χ4n) is 3.32. The molecule has 5 heteroatoms. The van der Waals surface area contributed by atoms with Crippen LogP contribution in [-0.2, 0) is 0 Å². The highest BCUT2D eigenvalue weighted by atomic mass is 15.4. The number of aromatic nitrogens is 3. The monoisotopic (exact) mass is 257 g/mol. The number of hydrogen-bond donors (Lipinski definition) is 1. The van der Waals surface area contributed by atoms with Gasteiger partial charge in [-0.25, -0.2) is 4.52 Å². The normalized spacial score (nSPS) is 26.9. The first-order chi connectivity index (χ1) is 9.29. The Balaban J connectivity index is 1.64. The number of aryl methyl sites for hydroxylation is 1. The quantitative estimate of drug-likeness (QED) is 0.834. The topological polar surface area (TPSA) is 45.5 Å². The second-order valence-corrected chi connectivity index (χ2v) is 5.79. The lowest BCUT2D eigenvalue weighted by Crippen LogP contribution is -2.40. The maximum atomic E-state index is 4.64. The van der Waals surface area contributed by atoms with E-state index in [0.29, 0.717) is 6.04 Å².